The van der Waals surface area contributed by atoms with Crippen LogP contribution in [0.4, 0.5) is 38.0 Å². The van der Waals surface area contributed by atoms with E-state index in [1.165, 1.54) is 12.1 Å². The molecule has 0 spiro atoms. The zero-order valence-electron chi connectivity index (χ0n) is 39.5. The number of benzene rings is 2. The molecule has 0 aliphatic carbocycles. The van der Waals surface area contributed by atoms with E-state index in [0.717, 1.165) is 83.9 Å². The van der Waals surface area contributed by atoms with Crippen molar-refractivity contribution in [1.82, 2.24) is 29.7 Å². The SMILES string of the molecule is Cc1ccc(-c2ccnc(C)c2)c(C(=O)N2CCCC(CCc3cccc(-c4ccc(C)cc4C(=O)N4CCCC(C)C4CNc4ccc(C(F)(F)F)cn4)n3)C2CNc2ccc(C(F)(F)F)cn2)c1. The summed E-state index contributed by atoms with van der Waals surface area (Å²) in [6.07, 6.45) is -1.28. The number of carbonyl (C=O) groups is 2. The highest BCUT2D eigenvalue weighted by molar-refractivity contribution is 6.02. The van der Waals surface area contributed by atoms with Crippen molar-refractivity contribution in [1.29, 1.82) is 0 Å². The maximum atomic E-state index is 14.9. The first-order chi connectivity index (χ1) is 33.4. The van der Waals surface area contributed by atoms with Crippen LogP contribution >= 0.6 is 0 Å². The predicted molar refractivity (Wildman–Crippen MR) is 258 cm³/mol. The third-order valence-electron chi connectivity index (χ3n) is 13.6. The van der Waals surface area contributed by atoms with Crippen LogP contribution in [0.1, 0.15) is 93.4 Å². The van der Waals surface area contributed by atoms with Gasteiger partial charge in [-0.2, -0.15) is 26.3 Å². The van der Waals surface area contributed by atoms with Gasteiger partial charge in [-0.05, 0) is 143 Å². The monoisotopic (exact) mass is 962 g/mol. The van der Waals surface area contributed by atoms with Crippen LogP contribution in [0, 0.1) is 32.6 Å². The number of hydrogen-bond donors (Lipinski definition) is 2. The average molecular weight is 963 g/mol. The number of hydrogen-bond acceptors (Lipinski definition) is 8. The van der Waals surface area contributed by atoms with Gasteiger partial charge in [0, 0.05) is 72.8 Å². The molecular weight excluding hydrogens is 907 g/mol. The number of likely N-dealkylation sites (tertiary alicyclic amines) is 2. The second kappa shape index (κ2) is 21.0. The van der Waals surface area contributed by atoms with Crippen LogP contribution in [0.3, 0.4) is 0 Å². The molecule has 366 valence electrons. The molecule has 2 amide bonds. The Bertz CT molecular complexity index is 2800. The summed E-state index contributed by atoms with van der Waals surface area (Å²) in [7, 11) is 0. The lowest BCUT2D eigenvalue weighted by Crippen LogP contribution is -2.52. The molecule has 0 bridgehead atoms. The fourth-order valence-electron chi connectivity index (χ4n) is 9.84. The number of amides is 2. The van der Waals surface area contributed by atoms with Crippen molar-refractivity contribution in [2.24, 2.45) is 11.8 Å². The molecule has 6 aromatic rings. The predicted octanol–water partition coefficient (Wildman–Crippen LogP) is 11.9. The molecular formula is C54H56F6N8O2. The van der Waals surface area contributed by atoms with E-state index >= 15 is 0 Å². The van der Waals surface area contributed by atoms with Crippen molar-refractivity contribution in [3.05, 3.63) is 154 Å². The van der Waals surface area contributed by atoms with E-state index in [1.807, 2.05) is 97.3 Å². The molecule has 4 aromatic heterocycles. The van der Waals surface area contributed by atoms with Crippen molar-refractivity contribution < 1.29 is 35.9 Å². The number of piperidine rings is 2. The molecule has 4 atom stereocenters. The van der Waals surface area contributed by atoms with Crippen molar-refractivity contribution in [3.8, 4) is 22.4 Å². The molecule has 0 radical (unpaired) electrons. The number of anilines is 2. The van der Waals surface area contributed by atoms with Crippen LogP contribution in [0.15, 0.2) is 110 Å². The lowest BCUT2D eigenvalue weighted by atomic mass is 9.84. The van der Waals surface area contributed by atoms with E-state index < -0.39 is 23.5 Å². The molecule has 2 saturated heterocycles. The number of nitrogens with one attached hydrogen (secondary N) is 2. The largest absolute Gasteiger partial charge is 0.417 e. The first kappa shape index (κ1) is 49.6. The van der Waals surface area contributed by atoms with Crippen LogP contribution < -0.4 is 10.6 Å². The van der Waals surface area contributed by atoms with Crippen molar-refractivity contribution in [2.75, 3.05) is 36.8 Å². The molecule has 2 N–H and O–H groups in total. The Morgan fingerprint density at radius 1 is 0.657 bits per heavy atom. The topological polar surface area (TPSA) is 116 Å². The van der Waals surface area contributed by atoms with Gasteiger partial charge in [-0.1, -0.05) is 48.4 Å². The van der Waals surface area contributed by atoms with Gasteiger partial charge in [0.05, 0.1) is 28.9 Å². The highest BCUT2D eigenvalue weighted by Crippen LogP contribution is 2.36. The summed E-state index contributed by atoms with van der Waals surface area (Å²) < 4.78 is 79.9. The van der Waals surface area contributed by atoms with Gasteiger partial charge >= 0.3 is 12.4 Å². The summed E-state index contributed by atoms with van der Waals surface area (Å²) in [5.41, 5.74) is 5.75. The van der Waals surface area contributed by atoms with Gasteiger partial charge < -0.3 is 20.4 Å². The molecule has 8 rings (SSSR count). The number of aromatic nitrogens is 4. The van der Waals surface area contributed by atoms with Gasteiger partial charge in [-0.3, -0.25) is 19.6 Å². The van der Waals surface area contributed by atoms with Crippen molar-refractivity contribution in [2.45, 2.75) is 90.7 Å². The van der Waals surface area contributed by atoms with Crippen molar-refractivity contribution in [3.63, 3.8) is 0 Å². The standard InChI is InChI=1S/C54H56F6N8O2/c1-33-12-18-42(38-22-23-61-36(4)28-38)44(26-33)51(69)68-25-7-9-37(48(68)32-65-50-21-16-40(30-63-50)54(58,59)60)14-17-41-10-5-11-46(66-41)43-19-13-34(2)27-45(43)52(70)67-24-6-8-35(3)47(67)31-64-49-20-15-39(29-62-49)53(55,56)57/h5,10-13,15-16,18-23,26-30,35,37,47-48H,6-9,14,17,24-25,31-32H2,1-4H3,(H,62,64)(H,63,65). The Labute approximate surface area is 404 Å². The highest BCUT2D eigenvalue weighted by Gasteiger charge is 2.37. The molecule has 70 heavy (non-hydrogen) atoms. The number of carbonyl (C=O) groups excluding carboxylic acids is 2. The van der Waals surface area contributed by atoms with Crippen LogP contribution in [0.5, 0.6) is 0 Å². The van der Waals surface area contributed by atoms with Gasteiger partial charge in [0.2, 0.25) is 0 Å². The van der Waals surface area contributed by atoms with E-state index in [2.05, 4.69) is 32.5 Å². The summed E-state index contributed by atoms with van der Waals surface area (Å²) in [6, 6.07) is 25.1. The first-order valence-electron chi connectivity index (χ1n) is 23.7. The van der Waals surface area contributed by atoms with Gasteiger partial charge in [0.1, 0.15) is 11.6 Å². The zero-order chi connectivity index (χ0) is 49.7. The first-order valence-corrected chi connectivity index (χ1v) is 23.7. The Morgan fingerprint density at radius 3 is 1.81 bits per heavy atom. The Hall–Kier alpha value is -6.84. The third-order valence-corrected chi connectivity index (χ3v) is 13.6. The highest BCUT2D eigenvalue weighted by atomic mass is 19.4. The molecule has 0 saturated carbocycles. The van der Waals surface area contributed by atoms with Gasteiger partial charge in [0.25, 0.3) is 11.8 Å². The summed E-state index contributed by atoms with van der Waals surface area (Å²) in [6.45, 7) is 9.40. The smallest absolute Gasteiger partial charge is 0.368 e. The van der Waals surface area contributed by atoms with Gasteiger partial charge in [-0.25, -0.2) is 9.97 Å². The molecule has 6 heterocycles. The van der Waals surface area contributed by atoms with Crippen LogP contribution in [0.2, 0.25) is 0 Å². The molecule has 2 aromatic carbocycles. The number of halogens is 6. The Balaban J connectivity index is 1.03. The molecule has 4 unspecified atom stereocenters. The summed E-state index contributed by atoms with van der Waals surface area (Å²) >= 11 is 0. The van der Waals surface area contributed by atoms with Gasteiger partial charge in [0.15, 0.2) is 0 Å². The molecule has 10 nitrogen and oxygen atoms in total. The number of rotatable bonds is 13. The maximum Gasteiger partial charge on any atom is 0.417 e. The van der Waals surface area contributed by atoms with E-state index in [4.69, 9.17) is 4.98 Å². The van der Waals surface area contributed by atoms with Crippen molar-refractivity contribution >= 4 is 23.5 Å². The van der Waals surface area contributed by atoms with Crippen LogP contribution in [0.25, 0.3) is 22.4 Å². The average Bonchev–Trinajstić information content (AvgIpc) is 3.34. The second-order valence-corrected chi connectivity index (χ2v) is 18.6. The fourth-order valence-corrected chi connectivity index (χ4v) is 9.84. The minimum atomic E-state index is -4.53. The van der Waals surface area contributed by atoms with E-state index in [-0.39, 0.29) is 48.1 Å². The zero-order valence-corrected chi connectivity index (χ0v) is 39.5. The number of aryl methyl sites for hydroxylation is 4. The molecule has 16 heteroatoms. The third kappa shape index (κ3) is 11.6. The van der Waals surface area contributed by atoms with E-state index in [1.54, 1.807) is 6.20 Å². The number of alkyl halides is 6. The molecule has 2 aliphatic heterocycles. The summed E-state index contributed by atoms with van der Waals surface area (Å²) in [5.74, 6) is 0.337. The lowest BCUT2D eigenvalue weighted by molar-refractivity contribution is -0.138. The lowest BCUT2D eigenvalue weighted by Gasteiger charge is -2.42. The number of pyridine rings is 4. The second-order valence-electron chi connectivity index (χ2n) is 18.6. The minimum absolute atomic E-state index is 0.0255. The van der Waals surface area contributed by atoms with Gasteiger partial charge in [-0.15, -0.1) is 0 Å². The molecule has 2 fully saturated rings. The van der Waals surface area contributed by atoms with E-state index in [9.17, 15) is 35.9 Å². The summed E-state index contributed by atoms with van der Waals surface area (Å²) in [5, 5.41) is 6.42. The number of nitrogens with zero attached hydrogens (tertiary/aromatic N) is 6. The minimum Gasteiger partial charge on any atom is -0.368 e. The van der Waals surface area contributed by atoms with Crippen LogP contribution in [-0.4, -0.2) is 79.8 Å². The maximum absolute atomic E-state index is 14.9. The molecule has 2 aliphatic rings. The Morgan fingerprint density at radius 2 is 1.23 bits per heavy atom. The normalized spacial score (nSPS) is 18.7. The van der Waals surface area contributed by atoms with Crippen LogP contribution in [-0.2, 0) is 18.8 Å². The quantitative estimate of drug-likeness (QED) is 0.110. The van der Waals surface area contributed by atoms with E-state index in [0.29, 0.717) is 60.7 Å². The summed E-state index contributed by atoms with van der Waals surface area (Å²) in [4.78, 5) is 50.9. The fraction of sp³-hybridized carbons (Fsp3) is 0.370. The Kier molecular flexibility index (Phi) is 14.9.